The van der Waals surface area contributed by atoms with Gasteiger partial charge >= 0.3 is 0 Å². The molecule has 4 nitrogen and oxygen atoms in total. The Morgan fingerprint density at radius 1 is 1.44 bits per heavy atom. The van der Waals surface area contributed by atoms with E-state index in [1.165, 1.54) is 0 Å². The predicted octanol–water partition coefficient (Wildman–Crippen LogP) is 2.16. The van der Waals surface area contributed by atoms with E-state index >= 15 is 0 Å². The van der Waals surface area contributed by atoms with Crippen LogP contribution >= 0.6 is 15.9 Å². The van der Waals surface area contributed by atoms with E-state index in [1.54, 1.807) is 12.3 Å². The molecule has 0 atom stereocenters. The lowest BCUT2D eigenvalue weighted by Gasteiger charge is -2.06. The zero-order valence-corrected chi connectivity index (χ0v) is 11.6. The third kappa shape index (κ3) is 2.98. The van der Waals surface area contributed by atoms with Crippen molar-refractivity contribution in [3.63, 3.8) is 0 Å². The summed E-state index contributed by atoms with van der Waals surface area (Å²) in [6.07, 6.45) is 4.37. The zero-order valence-electron chi connectivity index (χ0n) is 10.1. The molecule has 2 aromatic rings. The number of nitrogens with zero attached hydrogens (tertiary/aromatic N) is 2. The van der Waals surface area contributed by atoms with E-state index in [1.807, 2.05) is 36.0 Å². The van der Waals surface area contributed by atoms with Gasteiger partial charge in [-0.15, -0.1) is 0 Å². The molecule has 94 valence electrons. The summed E-state index contributed by atoms with van der Waals surface area (Å²) in [5, 5.41) is 2.88. The van der Waals surface area contributed by atoms with Crippen LogP contribution in [0.2, 0.25) is 0 Å². The number of hydrogen-bond donors (Lipinski definition) is 1. The topological polar surface area (TPSA) is 46.9 Å². The Morgan fingerprint density at radius 2 is 2.22 bits per heavy atom. The number of benzene rings is 1. The van der Waals surface area contributed by atoms with Crippen molar-refractivity contribution in [2.75, 3.05) is 6.54 Å². The first-order valence-electron chi connectivity index (χ1n) is 5.67. The molecule has 0 radical (unpaired) electrons. The fraction of sp³-hybridized carbons (Fsp3) is 0.231. The summed E-state index contributed by atoms with van der Waals surface area (Å²) < 4.78 is 2.75. The second-order valence-electron chi connectivity index (χ2n) is 3.94. The number of rotatable bonds is 4. The number of nitrogens with one attached hydrogen (secondary N) is 1. The Hall–Kier alpha value is -1.62. The lowest BCUT2D eigenvalue weighted by Crippen LogP contribution is -2.26. The third-order valence-corrected chi connectivity index (χ3v) is 3.37. The molecule has 0 aliphatic carbocycles. The predicted molar refractivity (Wildman–Crippen MR) is 73.4 cm³/mol. The Morgan fingerprint density at radius 3 is 2.89 bits per heavy atom. The average molecular weight is 308 g/mol. The van der Waals surface area contributed by atoms with Gasteiger partial charge in [-0.25, -0.2) is 4.98 Å². The lowest BCUT2D eigenvalue weighted by atomic mass is 10.2. The number of aromatic nitrogens is 2. The first-order valence-corrected chi connectivity index (χ1v) is 6.46. The van der Waals surface area contributed by atoms with Crippen LogP contribution in [0.15, 0.2) is 41.1 Å². The molecule has 1 heterocycles. The van der Waals surface area contributed by atoms with Gasteiger partial charge in [-0.3, -0.25) is 4.79 Å². The van der Waals surface area contributed by atoms with Crippen molar-refractivity contribution in [1.29, 1.82) is 0 Å². The van der Waals surface area contributed by atoms with Crippen molar-refractivity contribution >= 4 is 21.8 Å². The number of carbonyl (C=O) groups excluding carboxylic acids is 1. The van der Waals surface area contributed by atoms with Gasteiger partial charge in [0.2, 0.25) is 0 Å². The Bertz CT molecular complexity index is 551. The molecule has 0 spiro atoms. The maximum absolute atomic E-state index is 11.9. The fourth-order valence-electron chi connectivity index (χ4n) is 1.67. The van der Waals surface area contributed by atoms with Gasteiger partial charge in [-0.05, 0) is 28.1 Å². The van der Waals surface area contributed by atoms with Crippen LogP contribution in [-0.4, -0.2) is 22.0 Å². The summed E-state index contributed by atoms with van der Waals surface area (Å²) >= 11 is 3.36. The first-order chi connectivity index (χ1) is 8.68. The second kappa shape index (κ2) is 5.82. The summed E-state index contributed by atoms with van der Waals surface area (Å²) in [5.41, 5.74) is 0.650. The minimum absolute atomic E-state index is 0.0725. The molecule has 0 fully saturated rings. The van der Waals surface area contributed by atoms with Crippen molar-refractivity contribution in [3.8, 4) is 0 Å². The van der Waals surface area contributed by atoms with Crippen molar-refractivity contribution in [3.05, 3.63) is 52.5 Å². The summed E-state index contributed by atoms with van der Waals surface area (Å²) in [5.74, 6) is 0.888. The van der Waals surface area contributed by atoms with E-state index in [9.17, 15) is 4.79 Å². The Balaban J connectivity index is 1.90. The molecule has 0 unspecified atom stereocenters. The number of amides is 1. The molecule has 1 N–H and O–H groups in total. The second-order valence-corrected chi connectivity index (χ2v) is 4.79. The molecule has 0 aliphatic rings. The molecular formula is C13H14BrN3O. The largest absolute Gasteiger partial charge is 0.352 e. The minimum atomic E-state index is -0.0725. The van der Waals surface area contributed by atoms with Gasteiger partial charge in [-0.1, -0.05) is 12.1 Å². The third-order valence-electron chi connectivity index (χ3n) is 2.67. The lowest BCUT2D eigenvalue weighted by molar-refractivity contribution is 0.0953. The normalized spacial score (nSPS) is 10.3. The molecule has 5 heteroatoms. The summed E-state index contributed by atoms with van der Waals surface area (Å²) in [6.45, 7) is 0.574. The molecule has 18 heavy (non-hydrogen) atoms. The standard InChI is InChI=1S/C13H14BrN3O/c1-17-9-8-15-12(17)6-7-16-13(18)10-4-2-3-5-11(10)14/h2-5,8-9H,6-7H2,1H3,(H,16,18). The van der Waals surface area contributed by atoms with Crippen molar-refractivity contribution in [1.82, 2.24) is 14.9 Å². The average Bonchev–Trinajstić information content (AvgIpc) is 2.75. The van der Waals surface area contributed by atoms with Crippen molar-refractivity contribution in [2.24, 2.45) is 7.05 Å². The van der Waals surface area contributed by atoms with Gasteiger partial charge < -0.3 is 9.88 Å². The molecule has 1 aromatic heterocycles. The van der Waals surface area contributed by atoms with E-state index < -0.39 is 0 Å². The number of imidazole rings is 1. The highest BCUT2D eigenvalue weighted by Crippen LogP contribution is 2.15. The molecule has 2 rings (SSSR count). The Labute approximate surface area is 114 Å². The summed E-state index contributed by atoms with van der Waals surface area (Å²) in [6, 6.07) is 7.38. The number of halogens is 1. The van der Waals surface area contributed by atoms with E-state index in [4.69, 9.17) is 0 Å². The van der Waals surface area contributed by atoms with Gasteiger partial charge in [-0.2, -0.15) is 0 Å². The maximum atomic E-state index is 11.9. The maximum Gasteiger partial charge on any atom is 0.252 e. The fourth-order valence-corrected chi connectivity index (χ4v) is 2.13. The molecular weight excluding hydrogens is 294 g/mol. The van der Waals surface area contributed by atoms with Crippen LogP contribution in [0, 0.1) is 0 Å². The number of hydrogen-bond acceptors (Lipinski definition) is 2. The van der Waals surface area contributed by atoms with Gasteiger partial charge in [0.05, 0.1) is 5.56 Å². The quantitative estimate of drug-likeness (QED) is 0.941. The minimum Gasteiger partial charge on any atom is -0.352 e. The van der Waals surface area contributed by atoms with E-state index in [2.05, 4.69) is 26.2 Å². The molecule has 0 saturated heterocycles. The van der Waals surface area contributed by atoms with Crippen LogP contribution in [0.25, 0.3) is 0 Å². The summed E-state index contributed by atoms with van der Waals surface area (Å²) in [7, 11) is 1.94. The van der Waals surface area contributed by atoms with Crippen molar-refractivity contribution in [2.45, 2.75) is 6.42 Å². The molecule has 1 amide bonds. The van der Waals surface area contributed by atoms with Crippen LogP contribution in [0.4, 0.5) is 0 Å². The van der Waals surface area contributed by atoms with E-state index in [0.717, 1.165) is 16.7 Å². The van der Waals surface area contributed by atoms with Crippen LogP contribution < -0.4 is 5.32 Å². The number of aryl methyl sites for hydroxylation is 1. The smallest absolute Gasteiger partial charge is 0.252 e. The first kappa shape index (κ1) is 12.8. The van der Waals surface area contributed by atoms with E-state index in [-0.39, 0.29) is 5.91 Å². The van der Waals surface area contributed by atoms with Crippen molar-refractivity contribution < 1.29 is 4.79 Å². The van der Waals surface area contributed by atoms with Gasteiger partial charge in [0.15, 0.2) is 0 Å². The van der Waals surface area contributed by atoms with Crippen LogP contribution in [-0.2, 0) is 13.5 Å². The van der Waals surface area contributed by atoms with Crippen LogP contribution in [0.3, 0.4) is 0 Å². The molecule has 0 bridgehead atoms. The van der Waals surface area contributed by atoms with Crippen LogP contribution in [0.5, 0.6) is 0 Å². The highest BCUT2D eigenvalue weighted by Gasteiger charge is 2.08. The van der Waals surface area contributed by atoms with E-state index in [0.29, 0.717) is 12.1 Å². The van der Waals surface area contributed by atoms with Gasteiger partial charge in [0.1, 0.15) is 5.82 Å². The molecule has 1 aromatic carbocycles. The Kier molecular flexibility index (Phi) is 4.15. The monoisotopic (exact) mass is 307 g/mol. The number of carbonyl (C=O) groups is 1. The van der Waals surface area contributed by atoms with Crippen LogP contribution in [0.1, 0.15) is 16.2 Å². The van der Waals surface area contributed by atoms with Gasteiger partial charge in [0.25, 0.3) is 5.91 Å². The molecule has 0 saturated carbocycles. The van der Waals surface area contributed by atoms with Gasteiger partial charge in [0, 0.05) is 36.9 Å². The zero-order chi connectivity index (χ0) is 13.0. The highest BCUT2D eigenvalue weighted by molar-refractivity contribution is 9.10. The highest BCUT2D eigenvalue weighted by atomic mass is 79.9. The SMILES string of the molecule is Cn1ccnc1CCNC(=O)c1ccccc1Br. The molecule has 0 aliphatic heterocycles. The summed E-state index contributed by atoms with van der Waals surface area (Å²) in [4.78, 5) is 16.1.